The molecule has 2 fully saturated rings. The van der Waals surface area contributed by atoms with Crippen LogP contribution in [0.1, 0.15) is 41.6 Å². The van der Waals surface area contributed by atoms with Crippen molar-refractivity contribution in [3.05, 3.63) is 77.9 Å². The Morgan fingerprint density at radius 2 is 1.66 bits per heavy atom. The number of carbonyl (C=O) groups excluding carboxylic acids is 2. The summed E-state index contributed by atoms with van der Waals surface area (Å²) in [5.41, 5.74) is 2.18. The molecule has 246 valence electrons. The van der Waals surface area contributed by atoms with E-state index >= 15 is 0 Å². The lowest BCUT2D eigenvalue weighted by Crippen LogP contribution is -2.30. The molecule has 1 aromatic heterocycles. The van der Waals surface area contributed by atoms with Crippen molar-refractivity contribution in [2.45, 2.75) is 31.7 Å². The van der Waals surface area contributed by atoms with E-state index in [1.165, 1.54) is 12.8 Å². The highest BCUT2D eigenvalue weighted by atomic mass is 32.1. The van der Waals surface area contributed by atoms with E-state index < -0.39 is 11.9 Å². The lowest BCUT2D eigenvalue weighted by Gasteiger charge is -2.16. The Labute approximate surface area is 275 Å². The van der Waals surface area contributed by atoms with Crippen molar-refractivity contribution in [3.8, 4) is 27.7 Å². The van der Waals surface area contributed by atoms with Crippen LogP contribution in [-0.2, 0) is 14.4 Å². The standard InChI is InChI=1S/C33H34N2O5S.C2H2O4/c1-38-28-20-23(10-14-27(28)39-19-18-35-16-4-5-17-35)32(37)31-26-6-2-3-7-29(26)41-33(31)22-8-12-25(13-9-22)40-21-24-11-15-30(36)34-24;3-1(4)2(5)6/h2-3,6-10,12-14,20,24H,4-5,11,15-19,21H2,1H3,(H,34,36);(H,3,4)(H,5,6)/t24-;/m1./s1. The van der Waals surface area contributed by atoms with Gasteiger partial charge in [-0.05, 0) is 86.4 Å². The average molecular weight is 661 g/mol. The van der Waals surface area contributed by atoms with Crippen molar-refractivity contribution in [2.24, 2.45) is 0 Å². The number of rotatable bonds is 11. The van der Waals surface area contributed by atoms with Gasteiger partial charge in [-0.3, -0.25) is 14.5 Å². The first-order valence-corrected chi connectivity index (χ1v) is 16.1. The van der Waals surface area contributed by atoms with E-state index in [1.807, 2.05) is 60.7 Å². The zero-order valence-corrected chi connectivity index (χ0v) is 26.7. The predicted molar refractivity (Wildman–Crippen MR) is 177 cm³/mol. The van der Waals surface area contributed by atoms with Crippen LogP contribution in [0.5, 0.6) is 17.2 Å². The van der Waals surface area contributed by atoms with Crippen molar-refractivity contribution >= 4 is 45.1 Å². The van der Waals surface area contributed by atoms with Crippen LogP contribution >= 0.6 is 11.3 Å². The molecule has 47 heavy (non-hydrogen) atoms. The Kier molecular flexibility index (Phi) is 11.1. The second-order valence-corrected chi connectivity index (χ2v) is 12.2. The molecular weight excluding hydrogens is 624 g/mol. The Bertz CT molecular complexity index is 1730. The van der Waals surface area contributed by atoms with Gasteiger partial charge in [0.15, 0.2) is 17.3 Å². The molecule has 12 heteroatoms. The summed E-state index contributed by atoms with van der Waals surface area (Å²) in [4.78, 5) is 47.0. The smallest absolute Gasteiger partial charge is 0.414 e. The number of nitrogens with zero attached hydrogens (tertiary/aromatic N) is 1. The number of hydrogen-bond acceptors (Lipinski definition) is 9. The van der Waals surface area contributed by atoms with Gasteiger partial charge in [0.1, 0.15) is 19.0 Å². The number of aliphatic carboxylic acids is 2. The molecule has 3 N–H and O–H groups in total. The largest absolute Gasteiger partial charge is 0.493 e. The van der Waals surface area contributed by atoms with Crippen LogP contribution in [0, 0.1) is 0 Å². The second-order valence-electron chi connectivity index (χ2n) is 11.1. The van der Waals surface area contributed by atoms with Crippen LogP contribution in [0.25, 0.3) is 20.5 Å². The molecular formula is C35H36N2O9S. The maximum atomic E-state index is 14.1. The number of amides is 1. The number of thiophene rings is 1. The molecule has 0 spiro atoms. The third-order valence-corrected chi connectivity index (χ3v) is 9.17. The first kappa shape index (κ1) is 33.4. The molecule has 1 amide bonds. The maximum absolute atomic E-state index is 14.1. The van der Waals surface area contributed by atoms with E-state index in [0.29, 0.717) is 42.3 Å². The number of ether oxygens (including phenoxy) is 3. The predicted octanol–water partition coefficient (Wildman–Crippen LogP) is 5.10. The van der Waals surface area contributed by atoms with Gasteiger partial charge in [0, 0.05) is 39.1 Å². The van der Waals surface area contributed by atoms with E-state index in [9.17, 15) is 9.59 Å². The van der Waals surface area contributed by atoms with Crippen LogP contribution in [0.3, 0.4) is 0 Å². The Morgan fingerprint density at radius 3 is 2.32 bits per heavy atom. The van der Waals surface area contributed by atoms with Crippen molar-refractivity contribution < 1.29 is 43.6 Å². The van der Waals surface area contributed by atoms with Gasteiger partial charge in [-0.1, -0.05) is 18.2 Å². The summed E-state index contributed by atoms with van der Waals surface area (Å²) in [7, 11) is 1.60. The third-order valence-electron chi connectivity index (χ3n) is 7.95. The zero-order valence-electron chi connectivity index (χ0n) is 25.9. The molecule has 0 aliphatic carbocycles. The topological polar surface area (TPSA) is 152 Å². The molecule has 4 aromatic rings. The highest BCUT2D eigenvalue weighted by Crippen LogP contribution is 2.41. The fourth-order valence-electron chi connectivity index (χ4n) is 5.54. The molecule has 3 aromatic carbocycles. The van der Waals surface area contributed by atoms with E-state index in [2.05, 4.69) is 10.2 Å². The Balaban J connectivity index is 0.000000662. The van der Waals surface area contributed by atoms with E-state index in [1.54, 1.807) is 24.5 Å². The highest BCUT2D eigenvalue weighted by Gasteiger charge is 2.24. The first-order chi connectivity index (χ1) is 22.7. The Hall–Kier alpha value is -4.94. The van der Waals surface area contributed by atoms with Crippen LogP contribution < -0.4 is 19.5 Å². The zero-order chi connectivity index (χ0) is 33.3. The van der Waals surface area contributed by atoms with E-state index in [-0.39, 0.29) is 17.7 Å². The molecule has 0 radical (unpaired) electrons. The fourth-order valence-corrected chi connectivity index (χ4v) is 6.74. The molecule has 3 heterocycles. The van der Waals surface area contributed by atoms with E-state index in [0.717, 1.165) is 52.3 Å². The van der Waals surface area contributed by atoms with E-state index in [4.69, 9.17) is 34.0 Å². The number of carbonyl (C=O) groups is 4. The number of carboxylic acid groups (broad SMARTS) is 2. The Morgan fingerprint density at radius 1 is 0.936 bits per heavy atom. The van der Waals surface area contributed by atoms with Gasteiger partial charge in [0.25, 0.3) is 0 Å². The molecule has 2 aliphatic heterocycles. The number of fused-ring (bicyclic) bond motifs is 1. The number of benzene rings is 3. The minimum atomic E-state index is -1.82. The molecule has 2 saturated heterocycles. The van der Waals surface area contributed by atoms with Gasteiger partial charge < -0.3 is 29.7 Å². The quantitative estimate of drug-likeness (QED) is 0.146. The average Bonchev–Trinajstić information content (AvgIpc) is 3.84. The summed E-state index contributed by atoms with van der Waals surface area (Å²) in [6, 6.07) is 21.3. The van der Waals surface area contributed by atoms with Crippen LogP contribution in [0.15, 0.2) is 66.7 Å². The summed E-state index contributed by atoms with van der Waals surface area (Å²) in [6.07, 6.45) is 3.84. The highest BCUT2D eigenvalue weighted by molar-refractivity contribution is 7.22. The van der Waals surface area contributed by atoms with Gasteiger partial charge in [0.05, 0.1) is 13.2 Å². The molecule has 1 atom stereocenters. The van der Waals surface area contributed by atoms with Gasteiger partial charge in [-0.15, -0.1) is 11.3 Å². The third kappa shape index (κ3) is 8.46. The number of likely N-dealkylation sites (tertiary alicyclic amines) is 1. The minimum Gasteiger partial charge on any atom is -0.493 e. The number of methoxy groups -OCH3 is 1. The number of carboxylic acids is 2. The fraction of sp³-hybridized carbons (Fsp3) is 0.314. The SMILES string of the molecule is COc1cc(C(=O)c2c(-c3ccc(OC[C@H]4CCC(=O)N4)cc3)sc3ccccc23)ccc1OCCN1CCCC1.O=C(O)C(=O)O. The summed E-state index contributed by atoms with van der Waals surface area (Å²) in [6.45, 7) is 4.16. The summed E-state index contributed by atoms with van der Waals surface area (Å²) < 4.78 is 18.6. The van der Waals surface area contributed by atoms with Crippen molar-refractivity contribution in [2.75, 3.05) is 40.0 Å². The summed E-state index contributed by atoms with van der Waals surface area (Å²) in [5.74, 6) is -1.70. The number of nitrogens with one attached hydrogen (secondary N) is 1. The lowest BCUT2D eigenvalue weighted by atomic mass is 9.97. The first-order valence-electron chi connectivity index (χ1n) is 15.3. The molecule has 0 saturated carbocycles. The van der Waals surface area contributed by atoms with Crippen molar-refractivity contribution in [1.82, 2.24) is 10.2 Å². The molecule has 6 rings (SSSR count). The van der Waals surface area contributed by atoms with Gasteiger partial charge >= 0.3 is 11.9 Å². The monoisotopic (exact) mass is 660 g/mol. The molecule has 11 nitrogen and oxygen atoms in total. The second kappa shape index (κ2) is 15.6. The van der Waals surface area contributed by atoms with Crippen LogP contribution in [-0.4, -0.2) is 84.7 Å². The van der Waals surface area contributed by atoms with Gasteiger partial charge in [-0.25, -0.2) is 9.59 Å². The maximum Gasteiger partial charge on any atom is 0.414 e. The summed E-state index contributed by atoms with van der Waals surface area (Å²) >= 11 is 1.61. The molecule has 2 aliphatic rings. The van der Waals surface area contributed by atoms with Gasteiger partial charge in [-0.2, -0.15) is 0 Å². The van der Waals surface area contributed by atoms with Crippen LogP contribution in [0.4, 0.5) is 0 Å². The minimum absolute atomic E-state index is 0.0489. The number of ketones is 1. The number of hydrogen-bond donors (Lipinski definition) is 3. The lowest BCUT2D eigenvalue weighted by molar-refractivity contribution is -0.159. The molecule has 0 bridgehead atoms. The van der Waals surface area contributed by atoms with Gasteiger partial charge in [0.2, 0.25) is 5.91 Å². The summed E-state index contributed by atoms with van der Waals surface area (Å²) in [5, 5.41) is 18.6. The van der Waals surface area contributed by atoms with Crippen molar-refractivity contribution in [1.29, 1.82) is 0 Å². The van der Waals surface area contributed by atoms with Crippen LogP contribution in [0.2, 0.25) is 0 Å². The normalized spacial score (nSPS) is 15.9. The van der Waals surface area contributed by atoms with Crippen molar-refractivity contribution in [3.63, 3.8) is 0 Å². The molecule has 0 unspecified atom stereocenters.